The van der Waals surface area contributed by atoms with Crippen molar-refractivity contribution in [2.45, 2.75) is 6.54 Å². The van der Waals surface area contributed by atoms with E-state index >= 15 is 0 Å². The van der Waals surface area contributed by atoms with Gasteiger partial charge >= 0.3 is 0 Å². The lowest BCUT2D eigenvalue weighted by atomic mass is 10.2. The number of nitrogens with zero attached hydrogens (tertiary/aromatic N) is 1. The number of hydrogen-bond acceptors (Lipinski definition) is 2. The molecule has 0 heterocycles. The summed E-state index contributed by atoms with van der Waals surface area (Å²) in [7, 11) is 0. The molecule has 0 aromatic heterocycles. The first-order valence-electron chi connectivity index (χ1n) is 5.26. The van der Waals surface area contributed by atoms with Gasteiger partial charge < -0.3 is 5.32 Å². The monoisotopic (exact) mass is 242 g/mol. The number of anilines is 1. The van der Waals surface area contributed by atoms with E-state index < -0.39 is 0 Å². The van der Waals surface area contributed by atoms with E-state index in [0.29, 0.717) is 5.56 Å². The summed E-state index contributed by atoms with van der Waals surface area (Å²) in [4.78, 5) is 0. The van der Waals surface area contributed by atoms with E-state index in [1.165, 1.54) is 5.56 Å². The number of rotatable bonds is 3. The molecular formula is C14H11ClN2. The van der Waals surface area contributed by atoms with Crippen molar-refractivity contribution in [2.75, 3.05) is 5.32 Å². The highest BCUT2D eigenvalue weighted by molar-refractivity contribution is 6.30. The molecule has 2 aromatic carbocycles. The molecule has 17 heavy (non-hydrogen) atoms. The van der Waals surface area contributed by atoms with E-state index in [4.69, 9.17) is 16.9 Å². The first-order valence-corrected chi connectivity index (χ1v) is 5.64. The highest BCUT2D eigenvalue weighted by Gasteiger charge is 1.95. The first kappa shape index (κ1) is 11.5. The van der Waals surface area contributed by atoms with E-state index in [-0.39, 0.29) is 0 Å². The van der Waals surface area contributed by atoms with Gasteiger partial charge in [-0.05, 0) is 42.0 Å². The standard InChI is InChI=1S/C14H11ClN2/c15-13-5-1-12(2-6-13)10-17-14-7-3-11(9-16)4-8-14/h1-8,17H,10H2. The lowest BCUT2D eigenvalue weighted by Gasteiger charge is -2.06. The second kappa shape index (κ2) is 5.38. The van der Waals surface area contributed by atoms with E-state index in [9.17, 15) is 0 Å². The number of halogens is 1. The summed E-state index contributed by atoms with van der Waals surface area (Å²) in [6.45, 7) is 0.739. The van der Waals surface area contributed by atoms with Gasteiger partial charge in [-0.1, -0.05) is 23.7 Å². The quantitative estimate of drug-likeness (QED) is 0.888. The molecular weight excluding hydrogens is 232 g/mol. The van der Waals surface area contributed by atoms with Crippen LogP contribution in [0.4, 0.5) is 5.69 Å². The third-order valence-corrected chi connectivity index (χ3v) is 2.68. The summed E-state index contributed by atoms with van der Waals surface area (Å²) >= 11 is 5.81. The van der Waals surface area contributed by atoms with E-state index in [2.05, 4.69) is 11.4 Å². The van der Waals surface area contributed by atoms with Crippen molar-refractivity contribution in [3.63, 3.8) is 0 Å². The molecule has 1 N–H and O–H groups in total. The average molecular weight is 243 g/mol. The lowest BCUT2D eigenvalue weighted by molar-refractivity contribution is 1.15. The van der Waals surface area contributed by atoms with Crippen molar-refractivity contribution in [2.24, 2.45) is 0 Å². The van der Waals surface area contributed by atoms with Crippen LogP contribution in [0.5, 0.6) is 0 Å². The predicted octanol–water partition coefficient (Wildman–Crippen LogP) is 3.82. The van der Waals surface area contributed by atoms with Crippen molar-refractivity contribution >= 4 is 17.3 Å². The van der Waals surface area contributed by atoms with Crippen molar-refractivity contribution in [1.29, 1.82) is 5.26 Å². The fourth-order valence-corrected chi connectivity index (χ4v) is 1.59. The van der Waals surface area contributed by atoms with Crippen LogP contribution in [0.25, 0.3) is 0 Å². The number of benzene rings is 2. The summed E-state index contributed by atoms with van der Waals surface area (Å²) in [6, 6.07) is 17.2. The summed E-state index contributed by atoms with van der Waals surface area (Å²) in [6.07, 6.45) is 0. The van der Waals surface area contributed by atoms with Gasteiger partial charge in [0.1, 0.15) is 0 Å². The molecule has 0 aliphatic carbocycles. The van der Waals surface area contributed by atoms with Crippen molar-refractivity contribution in [3.05, 3.63) is 64.7 Å². The molecule has 0 spiro atoms. The second-order valence-corrected chi connectivity index (χ2v) is 4.11. The van der Waals surface area contributed by atoms with Crippen LogP contribution >= 0.6 is 11.6 Å². The zero-order chi connectivity index (χ0) is 12.1. The Bertz CT molecular complexity index is 524. The van der Waals surface area contributed by atoms with Crippen LogP contribution in [0.15, 0.2) is 48.5 Å². The van der Waals surface area contributed by atoms with Crippen LogP contribution in [0.2, 0.25) is 5.02 Å². The molecule has 0 fully saturated rings. The van der Waals surface area contributed by atoms with Crippen LogP contribution in [-0.2, 0) is 6.54 Å². The van der Waals surface area contributed by atoms with Gasteiger partial charge in [0.25, 0.3) is 0 Å². The number of nitrogens with one attached hydrogen (secondary N) is 1. The fraction of sp³-hybridized carbons (Fsp3) is 0.0714. The molecule has 0 bridgehead atoms. The third-order valence-electron chi connectivity index (χ3n) is 2.42. The molecule has 2 nitrogen and oxygen atoms in total. The molecule has 0 saturated heterocycles. The summed E-state index contributed by atoms with van der Waals surface area (Å²) < 4.78 is 0. The third kappa shape index (κ3) is 3.24. The predicted molar refractivity (Wildman–Crippen MR) is 69.9 cm³/mol. The molecule has 0 atom stereocenters. The topological polar surface area (TPSA) is 35.8 Å². The van der Waals surface area contributed by atoms with Crippen molar-refractivity contribution < 1.29 is 0 Å². The van der Waals surface area contributed by atoms with Gasteiger partial charge in [0, 0.05) is 17.3 Å². The van der Waals surface area contributed by atoms with Crippen LogP contribution < -0.4 is 5.32 Å². The van der Waals surface area contributed by atoms with E-state index in [1.54, 1.807) is 12.1 Å². The van der Waals surface area contributed by atoms with Crippen LogP contribution in [0.1, 0.15) is 11.1 Å². The normalized spacial score (nSPS) is 9.65. The number of nitriles is 1. The first-order chi connectivity index (χ1) is 8.28. The van der Waals surface area contributed by atoms with Gasteiger partial charge in [-0.3, -0.25) is 0 Å². The van der Waals surface area contributed by atoms with Crippen LogP contribution in [0.3, 0.4) is 0 Å². The molecule has 0 radical (unpaired) electrons. The van der Waals surface area contributed by atoms with Gasteiger partial charge in [-0.2, -0.15) is 5.26 Å². The lowest BCUT2D eigenvalue weighted by Crippen LogP contribution is -1.98. The minimum atomic E-state index is 0.669. The zero-order valence-electron chi connectivity index (χ0n) is 9.15. The molecule has 2 rings (SSSR count). The van der Waals surface area contributed by atoms with Gasteiger partial charge in [0.05, 0.1) is 11.6 Å². The Hall–Kier alpha value is -1.98. The summed E-state index contributed by atoms with van der Waals surface area (Å²) in [5.74, 6) is 0. The minimum absolute atomic E-state index is 0.669. The Morgan fingerprint density at radius 3 is 2.24 bits per heavy atom. The maximum atomic E-state index is 8.68. The van der Waals surface area contributed by atoms with Crippen molar-refractivity contribution in [1.82, 2.24) is 0 Å². The van der Waals surface area contributed by atoms with Gasteiger partial charge in [-0.25, -0.2) is 0 Å². The fourth-order valence-electron chi connectivity index (χ4n) is 1.47. The van der Waals surface area contributed by atoms with Gasteiger partial charge in [0.15, 0.2) is 0 Å². The molecule has 0 aliphatic heterocycles. The Kier molecular flexibility index (Phi) is 3.64. The van der Waals surface area contributed by atoms with Crippen molar-refractivity contribution in [3.8, 4) is 6.07 Å². The summed E-state index contributed by atoms with van der Waals surface area (Å²) in [5, 5.41) is 12.7. The number of hydrogen-bond donors (Lipinski definition) is 1. The van der Waals surface area contributed by atoms with E-state index in [1.807, 2.05) is 36.4 Å². The Balaban J connectivity index is 1.98. The molecule has 2 aromatic rings. The highest BCUT2D eigenvalue weighted by Crippen LogP contribution is 2.13. The maximum absolute atomic E-state index is 8.68. The largest absolute Gasteiger partial charge is 0.381 e. The zero-order valence-corrected chi connectivity index (χ0v) is 9.91. The molecule has 84 valence electrons. The minimum Gasteiger partial charge on any atom is -0.381 e. The van der Waals surface area contributed by atoms with E-state index in [0.717, 1.165) is 17.3 Å². The highest BCUT2D eigenvalue weighted by atomic mass is 35.5. The van der Waals surface area contributed by atoms with Gasteiger partial charge in [-0.15, -0.1) is 0 Å². The molecule has 0 unspecified atom stereocenters. The average Bonchev–Trinajstić information content (AvgIpc) is 2.39. The Morgan fingerprint density at radius 2 is 1.65 bits per heavy atom. The SMILES string of the molecule is N#Cc1ccc(NCc2ccc(Cl)cc2)cc1. The Morgan fingerprint density at radius 1 is 1.00 bits per heavy atom. The smallest absolute Gasteiger partial charge is 0.0991 e. The molecule has 0 saturated carbocycles. The molecule has 0 amide bonds. The maximum Gasteiger partial charge on any atom is 0.0991 e. The Labute approximate surface area is 105 Å². The van der Waals surface area contributed by atoms with Gasteiger partial charge in [0.2, 0.25) is 0 Å². The second-order valence-electron chi connectivity index (χ2n) is 3.67. The molecule has 0 aliphatic rings. The molecule has 3 heteroatoms. The van der Waals surface area contributed by atoms with Crippen LogP contribution in [0, 0.1) is 11.3 Å². The van der Waals surface area contributed by atoms with Crippen LogP contribution in [-0.4, -0.2) is 0 Å². The summed E-state index contributed by atoms with van der Waals surface area (Å²) in [5.41, 5.74) is 2.83.